The lowest BCUT2D eigenvalue weighted by Crippen LogP contribution is -2.49. The predicted octanol–water partition coefficient (Wildman–Crippen LogP) is 3.07. The first-order valence-corrected chi connectivity index (χ1v) is 10.9. The fourth-order valence-corrected chi connectivity index (χ4v) is 4.26. The van der Waals surface area contributed by atoms with E-state index >= 15 is 0 Å². The van der Waals surface area contributed by atoms with Crippen LogP contribution in [0, 0.1) is 11.8 Å². The maximum atomic E-state index is 5.97. The minimum Gasteiger partial charge on any atom is -0.385 e. The molecule has 2 aliphatic rings. The minimum atomic E-state index is 0. The molecule has 0 aromatic rings. The predicted molar refractivity (Wildman–Crippen MR) is 128 cm³/mol. The Bertz CT molecular complexity index is 429. The highest BCUT2D eigenvalue weighted by Gasteiger charge is 2.24. The standard InChI is InChI=1S/C21H42N4O2.HI/c1-18(2)16-24-10-5-7-19(17-24)15-23-21(22-3)25-11-8-20(9-12-25)27-14-6-13-26-4;/h18-20H,5-17H2,1-4H3,(H,22,23);1H. The van der Waals surface area contributed by atoms with Crippen molar-refractivity contribution >= 4 is 29.9 Å². The lowest BCUT2D eigenvalue weighted by atomic mass is 9.97. The van der Waals surface area contributed by atoms with Crippen molar-refractivity contribution in [3.05, 3.63) is 0 Å². The maximum absolute atomic E-state index is 5.97. The largest absolute Gasteiger partial charge is 0.385 e. The average molecular weight is 511 g/mol. The Labute approximate surface area is 189 Å². The van der Waals surface area contributed by atoms with Gasteiger partial charge < -0.3 is 24.6 Å². The van der Waals surface area contributed by atoms with Crippen LogP contribution < -0.4 is 5.32 Å². The zero-order valence-corrected chi connectivity index (χ0v) is 20.8. The van der Waals surface area contributed by atoms with E-state index in [2.05, 4.69) is 34.0 Å². The molecule has 0 bridgehead atoms. The molecule has 2 fully saturated rings. The van der Waals surface area contributed by atoms with Gasteiger partial charge in [-0.3, -0.25) is 4.99 Å². The van der Waals surface area contributed by atoms with E-state index in [1.807, 2.05) is 7.05 Å². The molecular weight excluding hydrogens is 467 g/mol. The van der Waals surface area contributed by atoms with Crippen molar-refractivity contribution in [3.8, 4) is 0 Å². The smallest absolute Gasteiger partial charge is 0.193 e. The van der Waals surface area contributed by atoms with Crippen molar-refractivity contribution in [2.24, 2.45) is 16.8 Å². The Balaban J connectivity index is 0.00000392. The van der Waals surface area contributed by atoms with Gasteiger partial charge >= 0.3 is 0 Å². The lowest BCUT2D eigenvalue weighted by molar-refractivity contribution is 0.00985. The molecule has 6 nitrogen and oxygen atoms in total. The summed E-state index contributed by atoms with van der Waals surface area (Å²) in [7, 11) is 3.65. The number of nitrogens with one attached hydrogen (secondary N) is 1. The van der Waals surface area contributed by atoms with E-state index in [9.17, 15) is 0 Å². The first-order chi connectivity index (χ1) is 13.1. The van der Waals surface area contributed by atoms with Crippen LogP contribution in [-0.4, -0.2) is 88.5 Å². The normalized spacial score (nSPS) is 22.4. The fraction of sp³-hybridized carbons (Fsp3) is 0.952. The summed E-state index contributed by atoms with van der Waals surface area (Å²) in [4.78, 5) is 9.56. The first kappa shape index (κ1) is 25.9. The van der Waals surface area contributed by atoms with E-state index in [0.717, 1.165) is 69.9 Å². The zero-order chi connectivity index (χ0) is 19.5. The number of methoxy groups -OCH3 is 1. The highest BCUT2D eigenvalue weighted by molar-refractivity contribution is 14.0. The van der Waals surface area contributed by atoms with Gasteiger partial charge in [-0.2, -0.15) is 0 Å². The number of ether oxygens (including phenoxy) is 2. The molecule has 2 aliphatic heterocycles. The van der Waals surface area contributed by atoms with Crippen LogP contribution in [-0.2, 0) is 9.47 Å². The highest BCUT2D eigenvalue weighted by Crippen LogP contribution is 2.18. The number of piperidine rings is 2. The molecule has 0 amide bonds. The molecule has 1 unspecified atom stereocenters. The Morgan fingerprint density at radius 3 is 2.54 bits per heavy atom. The van der Waals surface area contributed by atoms with Gasteiger partial charge in [0.05, 0.1) is 6.10 Å². The van der Waals surface area contributed by atoms with Crippen molar-refractivity contribution in [2.75, 3.05) is 66.6 Å². The monoisotopic (exact) mass is 510 g/mol. The summed E-state index contributed by atoms with van der Waals surface area (Å²) in [5.41, 5.74) is 0. The van der Waals surface area contributed by atoms with E-state index < -0.39 is 0 Å². The molecule has 2 saturated heterocycles. The van der Waals surface area contributed by atoms with Crippen LogP contribution in [0.3, 0.4) is 0 Å². The van der Waals surface area contributed by atoms with Crippen LogP contribution in [0.5, 0.6) is 0 Å². The second kappa shape index (κ2) is 14.8. The van der Waals surface area contributed by atoms with Crippen LogP contribution >= 0.6 is 24.0 Å². The number of hydrogen-bond acceptors (Lipinski definition) is 4. The number of likely N-dealkylation sites (tertiary alicyclic amines) is 2. The molecule has 0 aromatic heterocycles. The van der Waals surface area contributed by atoms with Gasteiger partial charge in [-0.15, -0.1) is 24.0 Å². The van der Waals surface area contributed by atoms with Crippen LogP contribution in [0.1, 0.15) is 46.0 Å². The quantitative estimate of drug-likeness (QED) is 0.224. The van der Waals surface area contributed by atoms with E-state index in [0.29, 0.717) is 6.10 Å². The molecule has 7 heteroatoms. The van der Waals surface area contributed by atoms with Crippen LogP contribution in [0.2, 0.25) is 0 Å². The summed E-state index contributed by atoms with van der Waals surface area (Å²) in [5.74, 6) is 2.55. The summed E-state index contributed by atoms with van der Waals surface area (Å²) in [6, 6.07) is 0. The zero-order valence-electron chi connectivity index (χ0n) is 18.5. The molecule has 2 heterocycles. The van der Waals surface area contributed by atoms with Gasteiger partial charge in [-0.05, 0) is 50.5 Å². The van der Waals surface area contributed by atoms with Crippen molar-refractivity contribution in [1.29, 1.82) is 0 Å². The Hall–Kier alpha value is -0.120. The molecule has 0 saturated carbocycles. The van der Waals surface area contributed by atoms with Crippen LogP contribution in [0.4, 0.5) is 0 Å². The molecule has 0 spiro atoms. The molecular formula is C21H43IN4O2. The summed E-state index contributed by atoms with van der Waals surface area (Å²) in [5, 5.41) is 3.65. The highest BCUT2D eigenvalue weighted by atomic mass is 127. The van der Waals surface area contributed by atoms with Gasteiger partial charge in [0, 0.05) is 60.1 Å². The van der Waals surface area contributed by atoms with E-state index in [1.54, 1.807) is 7.11 Å². The lowest BCUT2D eigenvalue weighted by Gasteiger charge is -2.36. The molecule has 0 aliphatic carbocycles. The molecule has 1 atom stereocenters. The third-order valence-electron chi connectivity index (χ3n) is 5.57. The molecule has 2 rings (SSSR count). The third kappa shape index (κ3) is 9.59. The summed E-state index contributed by atoms with van der Waals surface area (Å²) >= 11 is 0. The van der Waals surface area contributed by atoms with Crippen molar-refractivity contribution < 1.29 is 9.47 Å². The summed E-state index contributed by atoms with van der Waals surface area (Å²) in [6.45, 7) is 13.0. The van der Waals surface area contributed by atoms with Crippen LogP contribution in [0.25, 0.3) is 0 Å². The molecule has 1 N–H and O–H groups in total. The molecule has 28 heavy (non-hydrogen) atoms. The van der Waals surface area contributed by atoms with Gasteiger partial charge in [0.25, 0.3) is 0 Å². The second-order valence-corrected chi connectivity index (χ2v) is 8.49. The number of guanidine groups is 1. The second-order valence-electron chi connectivity index (χ2n) is 8.49. The Kier molecular flexibility index (Phi) is 13.7. The number of nitrogens with zero attached hydrogens (tertiary/aromatic N) is 3. The minimum absolute atomic E-state index is 0. The van der Waals surface area contributed by atoms with E-state index in [1.165, 1.54) is 32.5 Å². The first-order valence-electron chi connectivity index (χ1n) is 10.9. The maximum Gasteiger partial charge on any atom is 0.193 e. The van der Waals surface area contributed by atoms with Gasteiger partial charge in [-0.25, -0.2) is 0 Å². The number of hydrogen-bond donors (Lipinski definition) is 1. The SMILES string of the molecule is CN=C(NCC1CCCN(CC(C)C)C1)N1CCC(OCCCOC)CC1.I. The fourth-order valence-electron chi connectivity index (χ4n) is 4.26. The van der Waals surface area contributed by atoms with Gasteiger partial charge in [-0.1, -0.05) is 13.8 Å². The van der Waals surface area contributed by atoms with Crippen LogP contribution in [0.15, 0.2) is 4.99 Å². The van der Waals surface area contributed by atoms with Gasteiger partial charge in [0.15, 0.2) is 5.96 Å². The van der Waals surface area contributed by atoms with Gasteiger partial charge in [0.1, 0.15) is 0 Å². The molecule has 0 radical (unpaired) electrons. The summed E-state index contributed by atoms with van der Waals surface area (Å²) < 4.78 is 11.1. The molecule has 166 valence electrons. The number of rotatable bonds is 9. The Morgan fingerprint density at radius 1 is 1.14 bits per heavy atom. The molecule has 0 aromatic carbocycles. The summed E-state index contributed by atoms with van der Waals surface area (Å²) in [6.07, 6.45) is 6.19. The van der Waals surface area contributed by atoms with E-state index in [4.69, 9.17) is 9.47 Å². The van der Waals surface area contributed by atoms with Crippen molar-refractivity contribution in [3.63, 3.8) is 0 Å². The average Bonchev–Trinajstić information content (AvgIpc) is 2.66. The van der Waals surface area contributed by atoms with Gasteiger partial charge in [0.2, 0.25) is 0 Å². The third-order valence-corrected chi connectivity index (χ3v) is 5.57. The van der Waals surface area contributed by atoms with Crippen molar-refractivity contribution in [2.45, 2.75) is 52.1 Å². The topological polar surface area (TPSA) is 49.3 Å². The Morgan fingerprint density at radius 2 is 1.89 bits per heavy atom. The number of halogens is 1. The number of aliphatic imine (C=N–C) groups is 1. The van der Waals surface area contributed by atoms with E-state index in [-0.39, 0.29) is 24.0 Å². The van der Waals surface area contributed by atoms with Crippen molar-refractivity contribution in [1.82, 2.24) is 15.1 Å².